The first-order chi connectivity index (χ1) is 6.23. The molecule has 1 heteroatoms. The summed E-state index contributed by atoms with van der Waals surface area (Å²) in [6.07, 6.45) is 10.5. The molecule has 1 nitrogen and oxygen atoms in total. The first-order valence-corrected chi connectivity index (χ1v) is 6.02. The Bertz CT molecular complexity index is 130. The summed E-state index contributed by atoms with van der Waals surface area (Å²) in [5.74, 6) is 0.796. The van der Waals surface area contributed by atoms with Crippen LogP contribution in [0.3, 0.4) is 0 Å². The summed E-state index contributed by atoms with van der Waals surface area (Å²) in [5, 5.41) is 0. The number of rotatable bonds is 5. The monoisotopic (exact) mass is 183 g/mol. The lowest BCUT2D eigenvalue weighted by molar-refractivity contribution is 0.241. The molecule has 0 unspecified atom stereocenters. The number of nitrogens with two attached hydrogens (primary N) is 1. The molecule has 0 aromatic carbocycles. The van der Waals surface area contributed by atoms with E-state index in [0.29, 0.717) is 0 Å². The third kappa shape index (κ3) is 2.70. The lowest BCUT2D eigenvalue weighted by Gasteiger charge is -2.34. The smallest absolute Gasteiger partial charge is 0.0182 e. The lowest BCUT2D eigenvalue weighted by atomic mass is 9.78. The van der Waals surface area contributed by atoms with Crippen LogP contribution in [0.5, 0.6) is 0 Å². The Morgan fingerprint density at radius 3 is 1.92 bits per heavy atom. The van der Waals surface area contributed by atoms with E-state index in [0.717, 1.165) is 5.92 Å². The summed E-state index contributed by atoms with van der Waals surface area (Å²) in [5.41, 5.74) is 6.69. The van der Waals surface area contributed by atoms with Crippen molar-refractivity contribution in [3.63, 3.8) is 0 Å². The molecule has 1 aliphatic rings. The summed E-state index contributed by atoms with van der Waals surface area (Å²) in [6.45, 7) is 4.56. The van der Waals surface area contributed by atoms with Crippen molar-refractivity contribution >= 4 is 0 Å². The second kappa shape index (κ2) is 4.99. The van der Waals surface area contributed by atoms with Crippen molar-refractivity contribution in [1.82, 2.24) is 0 Å². The van der Waals surface area contributed by atoms with Crippen LogP contribution in [-0.2, 0) is 0 Å². The highest BCUT2D eigenvalue weighted by Gasteiger charge is 2.36. The molecule has 0 aromatic heterocycles. The maximum Gasteiger partial charge on any atom is 0.0182 e. The molecule has 1 fully saturated rings. The van der Waals surface area contributed by atoms with E-state index in [-0.39, 0.29) is 5.54 Å². The summed E-state index contributed by atoms with van der Waals surface area (Å²) in [6, 6.07) is 0. The van der Waals surface area contributed by atoms with Crippen molar-refractivity contribution < 1.29 is 0 Å². The van der Waals surface area contributed by atoms with Gasteiger partial charge in [0.25, 0.3) is 0 Å². The van der Waals surface area contributed by atoms with Crippen LogP contribution < -0.4 is 5.73 Å². The van der Waals surface area contributed by atoms with Crippen LogP contribution in [0.4, 0.5) is 0 Å². The Morgan fingerprint density at radius 2 is 1.54 bits per heavy atom. The number of hydrogen-bond acceptors (Lipinski definition) is 1. The fourth-order valence-corrected chi connectivity index (χ4v) is 2.86. The molecule has 1 saturated carbocycles. The van der Waals surface area contributed by atoms with Gasteiger partial charge in [-0.1, -0.05) is 39.5 Å². The average Bonchev–Trinajstić information content (AvgIpc) is 2.53. The van der Waals surface area contributed by atoms with Crippen LogP contribution in [0.1, 0.15) is 65.2 Å². The quantitative estimate of drug-likeness (QED) is 0.694. The normalized spacial score (nSPS) is 21.2. The van der Waals surface area contributed by atoms with Gasteiger partial charge in [-0.05, 0) is 31.6 Å². The molecule has 0 aliphatic heterocycles. The zero-order chi connectivity index (χ0) is 9.73. The minimum absolute atomic E-state index is 0.214. The molecular weight excluding hydrogens is 158 g/mol. The van der Waals surface area contributed by atoms with E-state index in [1.807, 2.05) is 0 Å². The molecular formula is C12H25N. The summed E-state index contributed by atoms with van der Waals surface area (Å²) >= 11 is 0. The second-order valence-electron chi connectivity index (χ2n) is 4.71. The van der Waals surface area contributed by atoms with E-state index in [1.54, 1.807) is 0 Å². The first-order valence-electron chi connectivity index (χ1n) is 6.02. The van der Waals surface area contributed by atoms with E-state index < -0.39 is 0 Å². The Hall–Kier alpha value is -0.0400. The van der Waals surface area contributed by atoms with Gasteiger partial charge in [-0.25, -0.2) is 0 Å². The molecule has 0 spiro atoms. The van der Waals surface area contributed by atoms with Crippen LogP contribution >= 0.6 is 0 Å². The third-order valence-electron chi connectivity index (χ3n) is 3.62. The molecule has 0 aromatic rings. The van der Waals surface area contributed by atoms with Crippen LogP contribution in [-0.4, -0.2) is 5.54 Å². The molecule has 0 heterocycles. The Kier molecular flexibility index (Phi) is 4.24. The maximum atomic E-state index is 6.48. The van der Waals surface area contributed by atoms with Crippen LogP contribution in [0.15, 0.2) is 0 Å². The van der Waals surface area contributed by atoms with Crippen LogP contribution in [0.2, 0.25) is 0 Å². The van der Waals surface area contributed by atoms with Gasteiger partial charge in [0.15, 0.2) is 0 Å². The minimum atomic E-state index is 0.214. The summed E-state index contributed by atoms with van der Waals surface area (Å²) < 4.78 is 0. The zero-order valence-electron chi connectivity index (χ0n) is 9.31. The first kappa shape index (κ1) is 11.0. The molecule has 78 valence electrons. The molecule has 1 aliphatic carbocycles. The zero-order valence-corrected chi connectivity index (χ0v) is 9.31. The van der Waals surface area contributed by atoms with Crippen molar-refractivity contribution in [2.24, 2.45) is 11.7 Å². The van der Waals surface area contributed by atoms with Gasteiger partial charge in [0.05, 0.1) is 0 Å². The minimum Gasteiger partial charge on any atom is -0.325 e. The van der Waals surface area contributed by atoms with Gasteiger partial charge in [0, 0.05) is 5.54 Å². The largest absolute Gasteiger partial charge is 0.325 e. The molecule has 1 rings (SSSR count). The van der Waals surface area contributed by atoms with Crippen molar-refractivity contribution in [3.05, 3.63) is 0 Å². The SMILES string of the molecule is CCCC(CCC)C1(N)CCCC1. The van der Waals surface area contributed by atoms with Crippen molar-refractivity contribution in [2.45, 2.75) is 70.8 Å². The van der Waals surface area contributed by atoms with Gasteiger partial charge in [0.2, 0.25) is 0 Å². The number of hydrogen-bond donors (Lipinski definition) is 1. The van der Waals surface area contributed by atoms with Crippen molar-refractivity contribution in [1.29, 1.82) is 0 Å². The Balaban J connectivity index is 2.50. The highest BCUT2D eigenvalue weighted by Crippen LogP contribution is 2.38. The van der Waals surface area contributed by atoms with Crippen molar-refractivity contribution in [2.75, 3.05) is 0 Å². The fourth-order valence-electron chi connectivity index (χ4n) is 2.86. The lowest BCUT2D eigenvalue weighted by Crippen LogP contribution is -2.44. The Labute approximate surface area is 83.1 Å². The second-order valence-corrected chi connectivity index (χ2v) is 4.71. The predicted molar refractivity (Wildman–Crippen MR) is 58.7 cm³/mol. The van der Waals surface area contributed by atoms with Gasteiger partial charge < -0.3 is 5.73 Å². The van der Waals surface area contributed by atoms with E-state index in [9.17, 15) is 0 Å². The molecule has 0 bridgehead atoms. The molecule has 0 radical (unpaired) electrons. The predicted octanol–water partition coefficient (Wildman–Crippen LogP) is 3.47. The molecule has 0 atom stereocenters. The summed E-state index contributed by atoms with van der Waals surface area (Å²) in [4.78, 5) is 0. The molecule has 0 amide bonds. The van der Waals surface area contributed by atoms with Crippen LogP contribution in [0.25, 0.3) is 0 Å². The van der Waals surface area contributed by atoms with Crippen LogP contribution in [0, 0.1) is 5.92 Å². The summed E-state index contributed by atoms with van der Waals surface area (Å²) in [7, 11) is 0. The average molecular weight is 183 g/mol. The molecule has 0 saturated heterocycles. The standard InChI is InChI=1S/C12H25N/c1-3-7-11(8-4-2)12(13)9-5-6-10-12/h11H,3-10,13H2,1-2H3. The van der Waals surface area contributed by atoms with Gasteiger partial charge in [-0.15, -0.1) is 0 Å². The topological polar surface area (TPSA) is 26.0 Å². The van der Waals surface area contributed by atoms with Gasteiger partial charge in [0.1, 0.15) is 0 Å². The van der Waals surface area contributed by atoms with E-state index in [1.165, 1.54) is 51.4 Å². The van der Waals surface area contributed by atoms with Crippen molar-refractivity contribution in [3.8, 4) is 0 Å². The maximum absolute atomic E-state index is 6.48. The highest BCUT2D eigenvalue weighted by atomic mass is 14.8. The van der Waals surface area contributed by atoms with Gasteiger partial charge in [-0.3, -0.25) is 0 Å². The van der Waals surface area contributed by atoms with E-state index in [2.05, 4.69) is 13.8 Å². The fraction of sp³-hybridized carbons (Fsp3) is 1.00. The third-order valence-corrected chi connectivity index (χ3v) is 3.62. The molecule has 13 heavy (non-hydrogen) atoms. The van der Waals surface area contributed by atoms with E-state index >= 15 is 0 Å². The Morgan fingerprint density at radius 1 is 1.08 bits per heavy atom. The molecule has 2 N–H and O–H groups in total. The highest BCUT2D eigenvalue weighted by molar-refractivity contribution is 4.94. The van der Waals surface area contributed by atoms with Gasteiger partial charge >= 0.3 is 0 Å². The van der Waals surface area contributed by atoms with Gasteiger partial charge in [-0.2, -0.15) is 0 Å². The van der Waals surface area contributed by atoms with E-state index in [4.69, 9.17) is 5.73 Å².